The molecule has 24 heavy (non-hydrogen) atoms. The molecule has 0 fully saturated rings. The van der Waals surface area contributed by atoms with Gasteiger partial charge in [0.1, 0.15) is 0 Å². The number of nitrogens with one attached hydrogen (secondary N) is 1. The topological polar surface area (TPSA) is 46.9 Å². The highest BCUT2D eigenvalue weighted by Gasteiger charge is 2.11. The quantitative estimate of drug-likeness (QED) is 0.772. The van der Waals surface area contributed by atoms with Gasteiger partial charge in [0, 0.05) is 16.8 Å². The van der Waals surface area contributed by atoms with Crippen LogP contribution in [-0.4, -0.2) is 15.7 Å². The number of halogens is 3. The van der Waals surface area contributed by atoms with Gasteiger partial charge in [0.15, 0.2) is 11.6 Å². The van der Waals surface area contributed by atoms with Crippen LogP contribution in [0.4, 0.5) is 14.5 Å². The van der Waals surface area contributed by atoms with Crippen molar-refractivity contribution in [1.29, 1.82) is 0 Å². The van der Waals surface area contributed by atoms with Crippen LogP contribution in [0.2, 0.25) is 5.02 Å². The lowest BCUT2D eigenvalue weighted by atomic mass is 10.2. The van der Waals surface area contributed by atoms with Gasteiger partial charge >= 0.3 is 0 Å². The van der Waals surface area contributed by atoms with Gasteiger partial charge < -0.3 is 5.32 Å². The molecule has 7 heteroatoms. The van der Waals surface area contributed by atoms with Crippen molar-refractivity contribution in [2.45, 2.75) is 6.54 Å². The average molecular weight is 348 g/mol. The lowest BCUT2D eigenvalue weighted by Crippen LogP contribution is -2.12. The Morgan fingerprint density at radius 3 is 2.75 bits per heavy atom. The van der Waals surface area contributed by atoms with Gasteiger partial charge in [-0.15, -0.1) is 0 Å². The molecule has 1 amide bonds. The number of carbonyl (C=O) groups excluding carboxylic acids is 1. The first-order chi connectivity index (χ1) is 11.5. The molecule has 0 aliphatic heterocycles. The summed E-state index contributed by atoms with van der Waals surface area (Å²) in [5.41, 5.74) is 1.44. The van der Waals surface area contributed by atoms with Crippen LogP contribution < -0.4 is 5.32 Å². The number of amides is 1. The lowest BCUT2D eigenvalue weighted by Gasteiger charge is -2.04. The van der Waals surface area contributed by atoms with E-state index in [9.17, 15) is 13.6 Å². The molecule has 0 unspecified atom stereocenters. The van der Waals surface area contributed by atoms with Gasteiger partial charge in [-0.3, -0.25) is 9.48 Å². The predicted octanol–water partition coefficient (Wildman–Crippen LogP) is 4.12. The zero-order chi connectivity index (χ0) is 17.1. The summed E-state index contributed by atoms with van der Waals surface area (Å²) >= 11 is 5.93. The fraction of sp³-hybridized carbons (Fsp3) is 0.0588. The second kappa shape index (κ2) is 6.80. The van der Waals surface area contributed by atoms with Crippen LogP contribution in [0.3, 0.4) is 0 Å². The first kappa shape index (κ1) is 16.1. The second-order valence-electron chi connectivity index (χ2n) is 5.14. The SMILES string of the molecule is O=C(Nc1cnn(Cc2cccc(Cl)c2)c1)c1ccc(F)c(F)c1. The van der Waals surface area contributed by atoms with Gasteiger partial charge in [-0.05, 0) is 35.9 Å². The van der Waals surface area contributed by atoms with Crippen molar-refractivity contribution in [1.82, 2.24) is 9.78 Å². The third-order valence-electron chi connectivity index (χ3n) is 3.31. The van der Waals surface area contributed by atoms with Gasteiger partial charge in [-0.25, -0.2) is 8.78 Å². The molecule has 1 N–H and O–H groups in total. The van der Waals surface area contributed by atoms with Crippen LogP contribution in [0.1, 0.15) is 15.9 Å². The smallest absolute Gasteiger partial charge is 0.255 e. The molecule has 0 aliphatic carbocycles. The van der Waals surface area contributed by atoms with Crippen LogP contribution >= 0.6 is 11.6 Å². The van der Waals surface area contributed by atoms with Gasteiger partial charge in [0.2, 0.25) is 0 Å². The number of hydrogen-bond acceptors (Lipinski definition) is 2. The molecular weight excluding hydrogens is 336 g/mol. The molecule has 1 heterocycles. The van der Waals surface area contributed by atoms with Crippen LogP contribution in [-0.2, 0) is 6.54 Å². The van der Waals surface area contributed by atoms with Crippen molar-refractivity contribution in [2.24, 2.45) is 0 Å². The summed E-state index contributed by atoms with van der Waals surface area (Å²) in [6.07, 6.45) is 3.11. The summed E-state index contributed by atoms with van der Waals surface area (Å²) < 4.78 is 27.7. The molecular formula is C17H12ClF2N3O. The summed E-state index contributed by atoms with van der Waals surface area (Å²) in [6.45, 7) is 0.488. The highest BCUT2D eigenvalue weighted by Crippen LogP contribution is 2.14. The van der Waals surface area contributed by atoms with E-state index in [1.807, 2.05) is 18.2 Å². The molecule has 2 aromatic carbocycles. The standard InChI is InChI=1S/C17H12ClF2N3O/c18-13-3-1-2-11(6-13)9-23-10-14(8-21-23)22-17(24)12-4-5-15(19)16(20)7-12/h1-8,10H,9H2,(H,22,24). The highest BCUT2D eigenvalue weighted by atomic mass is 35.5. The summed E-state index contributed by atoms with van der Waals surface area (Å²) in [5.74, 6) is -2.61. The molecule has 3 aromatic rings. The third-order valence-corrected chi connectivity index (χ3v) is 3.54. The Balaban J connectivity index is 1.69. The van der Waals surface area contributed by atoms with E-state index >= 15 is 0 Å². The Bertz CT molecular complexity index is 895. The van der Waals surface area contributed by atoms with E-state index in [1.165, 1.54) is 12.3 Å². The Hall–Kier alpha value is -2.73. The van der Waals surface area contributed by atoms with Crippen molar-refractivity contribution in [3.63, 3.8) is 0 Å². The van der Waals surface area contributed by atoms with Crippen molar-refractivity contribution in [2.75, 3.05) is 5.32 Å². The van der Waals surface area contributed by atoms with E-state index in [0.717, 1.165) is 17.7 Å². The van der Waals surface area contributed by atoms with Crippen molar-refractivity contribution in [3.05, 3.63) is 82.6 Å². The molecule has 0 atom stereocenters. The van der Waals surface area contributed by atoms with Gasteiger partial charge in [-0.1, -0.05) is 23.7 Å². The molecule has 1 aromatic heterocycles. The van der Waals surface area contributed by atoms with Crippen molar-refractivity contribution in [3.8, 4) is 0 Å². The van der Waals surface area contributed by atoms with Gasteiger partial charge in [-0.2, -0.15) is 5.10 Å². The first-order valence-electron chi connectivity index (χ1n) is 7.04. The zero-order valence-electron chi connectivity index (χ0n) is 12.3. The Labute approximate surface area is 141 Å². The Morgan fingerprint density at radius 1 is 1.17 bits per heavy atom. The zero-order valence-corrected chi connectivity index (χ0v) is 13.1. The molecule has 0 saturated carbocycles. The highest BCUT2D eigenvalue weighted by molar-refractivity contribution is 6.30. The Morgan fingerprint density at radius 2 is 2.00 bits per heavy atom. The second-order valence-corrected chi connectivity index (χ2v) is 5.58. The number of benzene rings is 2. The van der Waals surface area contributed by atoms with Crippen molar-refractivity contribution < 1.29 is 13.6 Å². The van der Waals surface area contributed by atoms with E-state index in [2.05, 4.69) is 10.4 Å². The number of rotatable bonds is 4. The normalized spacial score (nSPS) is 10.6. The minimum absolute atomic E-state index is 0.0245. The van der Waals surface area contributed by atoms with E-state index in [-0.39, 0.29) is 5.56 Å². The number of hydrogen-bond donors (Lipinski definition) is 1. The maximum atomic E-state index is 13.2. The van der Waals surface area contributed by atoms with E-state index in [1.54, 1.807) is 16.9 Å². The predicted molar refractivity (Wildman–Crippen MR) is 87.1 cm³/mol. The third kappa shape index (κ3) is 3.78. The van der Waals surface area contributed by atoms with Crippen LogP contribution in [0, 0.1) is 11.6 Å². The number of carbonyl (C=O) groups is 1. The van der Waals surface area contributed by atoms with Crippen LogP contribution in [0.5, 0.6) is 0 Å². The minimum Gasteiger partial charge on any atom is -0.319 e. The van der Waals surface area contributed by atoms with Crippen molar-refractivity contribution >= 4 is 23.2 Å². The summed E-state index contributed by atoms with van der Waals surface area (Å²) in [5, 5.41) is 7.36. The summed E-state index contributed by atoms with van der Waals surface area (Å²) in [6, 6.07) is 10.3. The molecule has 0 radical (unpaired) electrons. The Kier molecular flexibility index (Phi) is 4.57. The van der Waals surface area contributed by atoms with E-state index in [4.69, 9.17) is 11.6 Å². The fourth-order valence-electron chi connectivity index (χ4n) is 2.18. The summed E-state index contributed by atoms with van der Waals surface area (Å²) in [4.78, 5) is 12.0. The molecule has 4 nitrogen and oxygen atoms in total. The molecule has 0 spiro atoms. The van der Waals surface area contributed by atoms with Gasteiger partial charge in [0.05, 0.1) is 18.4 Å². The number of nitrogens with zero attached hydrogens (tertiary/aromatic N) is 2. The molecule has 0 aliphatic rings. The van der Waals surface area contributed by atoms with E-state index < -0.39 is 17.5 Å². The van der Waals surface area contributed by atoms with Crippen LogP contribution in [0.15, 0.2) is 54.9 Å². The fourth-order valence-corrected chi connectivity index (χ4v) is 2.39. The van der Waals surface area contributed by atoms with E-state index in [0.29, 0.717) is 17.3 Å². The lowest BCUT2D eigenvalue weighted by molar-refractivity contribution is 0.102. The monoisotopic (exact) mass is 347 g/mol. The maximum Gasteiger partial charge on any atom is 0.255 e. The minimum atomic E-state index is -1.07. The first-order valence-corrected chi connectivity index (χ1v) is 7.42. The van der Waals surface area contributed by atoms with Crippen LogP contribution in [0.25, 0.3) is 0 Å². The summed E-state index contributed by atoms with van der Waals surface area (Å²) in [7, 11) is 0. The molecule has 122 valence electrons. The average Bonchev–Trinajstić information content (AvgIpc) is 2.97. The molecule has 0 bridgehead atoms. The number of anilines is 1. The van der Waals surface area contributed by atoms with Gasteiger partial charge in [0.25, 0.3) is 5.91 Å². The molecule has 0 saturated heterocycles. The number of aromatic nitrogens is 2. The molecule has 3 rings (SSSR count). The maximum absolute atomic E-state index is 13.2. The largest absolute Gasteiger partial charge is 0.319 e.